The summed E-state index contributed by atoms with van der Waals surface area (Å²) in [5.74, 6) is -0.824. The van der Waals surface area contributed by atoms with Crippen molar-refractivity contribution in [1.29, 1.82) is 0 Å². The predicted molar refractivity (Wildman–Crippen MR) is 111 cm³/mol. The molecule has 1 saturated heterocycles. The lowest BCUT2D eigenvalue weighted by atomic mass is 9.90. The molecule has 31 heavy (non-hydrogen) atoms. The van der Waals surface area contributed by atoms with Crippen molar-refractivity contribution in [1.82, 2.24) is 10.1 Å². The van der Waals surface area contributed by atoms with Crippen molar-refractivity contribution >= 4 is 5.91 Å². The number of aryl methyl sites for hydroxylation is 1. The third-order valence-electron chi connectivity index (χ3n) is 5.72. The lowest BCUT2D eigenvalue weighted by Gasteiger charge is -2.31. The maximum absolute atomic E-state index is 13.8. The summed E-state index contributed by atoms with van der Waals surface area (Å²) < 4.78 is 37.6. The van der Waals surface area contributed by atoms with Gasteiger partial charge in [-0.25, -0.2) is 8.78 Å². The highest BCUT2D eigenvalue weighted by Crippen LogP contribution is 2.25. The summed E-state index contributed by atoms with van der Waals surface area (Å²) in [6.07, 6.45) is 2.85. The number of hydrogen-bond acceptors (Lipinski definition) is 4. The van der Waals surface area contributed by atoms with Gasteiger partial charge in [-0.2, -0.15) is 0 Å². The van der Waals surface area contributed by atoms with E-state index in [0.29, 0.717) is 30.3 Å². The predicted octanol–water partition coefficient (Wildman–Crippen LogP) is 4.94. The highest BCUT2D eigenvalue weighted by molar-refractivity contribution is 5.93. The molecule has 3 aromatic rings. The van der Waals surface area contributed by atoms with Gasteiger partial charge in [-0.15, -0.1) is 0 Å². The van der Waals surface area contributed by atoms with Crippen LogP contribution in [0.2, 0.25) is 0 Å². The Balaban J connectivity index is 1.38. The van der Waals surface area contributed by atoms with Crippen LogP contribution in [0.3, 0.4) is 0 Å². The fraction of sp³-hybridized carbons (Fsp3) is 0.333. The molecule has 0 bridgehead atoms. The molecule has 1 aliphatic rings. The number of piperidine rings is 1. The van der Waals surface area contributed by atoms with E-state index in [1.807, 2.05) is 18.2 Å². The largest absolute Gasteiger partial charge is 0.486 e. The van der Waals surface area contributed by atoms with Crippen molar-refractivity contribution in [2.75, 3.05) is 13.1 Å². The summed E-state index contributed by atoms with van der Waals surface area (Å²) in [6, 6.07) is 13.4. The first-order chi connectivity index (χ1) is 15.0. The number of carbonyl (C=O) groups is 1. The minimum atomic E-state index is -0.803. The first kappa shape index (κ1) is 21.0. The molecule has 1 aromatic heterocycles. The molecule has 2 aromatic carbocycles. The number of carbonyl (C=O) groups excluding carboxylic acids is 1. The molecule has 0 spiro atoms. The van der Waals surface area contributed by atoms with Crippen LogP contribution >= 0.6 is 0 Å². The molecule has 5 nitrogen and oxygen atoms in total. The van der Waals surface area contributed by atoms with Gasteiger partial charge in [0, 0.05) is 19.2 Å². The maximum atomic E-state index is 13.8. The zero-order valence-corrected chi connectivity index (χ0v) is 17.3. The SMILES string of the molecule is Cc1onc(C(=O)N2CCC(Cc3ccccc3)CC2)c1COc1ccc(F)cc1F. The van der Waals surface area contributed by atoms with Crippen LogP contribution in [-0.2, 0) is 13.0 Å². The Hall–Kier alpha value is -3.22. The second-order valence-electron chi connectivity index (χ2n) is 7.85. The number of amides is 1. The standard InChI is InChI=1S/C24H24F2N2O3/c1-16-20(15-30-22-8-7-19(25)14-21(22)26)23(27-31-16)24(29)28-11-9-18(10-12-28)13-17-5-3-2-4-6-17/h2-8,14,18H,9-13,15H2,1H3. The molecule has 0 saturated carbocycles. The van der Waals surface area contributed by atoms with Crippen LogP contribution in [0.1, 0.15) is 40.2 Å². The minimum Gasteiger partial charge on any atom is -0.486 e. The molecule has 0 N–H and O–H groups in total. The summed E-state index contributed by atoms with van der Waals surface area (Å²) in [5, 5.41) is 3.93. The van der Waals surface area contributed by atoms with Gasteiger partial charge < -0.3 is 14.2 Å². The number of nitrogens with zero attached hydrogens (tertiary/aromatic N) is 2. The minimum absolute atomic E-state index is 0.0938. The second-order valence-corrected chi connectivity index (χ2v) is 7.85. The number of benzene rings is 2. The van der Waals surface area contributed by atoms with E-state index >= 15 is 0 Å². The fourth-order valence-corrected chi connectivity index (χ4v) is 3.91. The van der Waals surface area contributed by atoms with Crippen molar-refractivity contribution in [3.8, 4) is 5.75 Å². The first-order valence-corrected chi connectivity index (χ1v) is 10.4. The summed E-state index contributed by atoms with van der Waals surface area (Å²) >= 11 is 0. The van der Waals surface area contributed by atoms with Gasteiger partial charge >= 0.3 is 0 Å². The Bertz CT molecular complexity index is 1040. The fourth-order valence-electron chi connectivity index (χ4n) is 3.91. The van der Waals surface area contributed by atoms with Crippen molar-refractivity contribution in [3.05, 3.63) is 82.7 Å². The zero-order chi connectivity index (χ0) is 21.8. The van der Waals surface area contributed by atoms with E-state index in [1.165, 1.54) is 11.6 Å². The Morgan fingerprint density at radius 1 is 1.16 bits per heavy atom. The number of halogens is 2. The lowest BCUT2D eigenvalue weighted by molar-refractivity contribution is 0.0677. The summed E-state index contributed by atoms with van der Waals surface area (Å²) in [4.78, 5) is 14.8. The number of rotatable bonds is 6. The third-order valence-corrected chi connectivity index (χ3v) is 5.72. The van der Waals surface area contributed by atoms with Crippen LogP contribution in [0.4, 0.5) is 8.78 Å². The lowest BCUT2D eigenvalue weighted by Crippen LogP contribution is -2.39. The summed E-state index contributed by atoms with van der Waals surface area (Å²) in [6.45, 7) is 2.88. The quantitative estimate of drug-likeness (QED) is 0.561. The number of likely N-dealkylation sites (tertiary alicyclic amines) is 1. The van der Waals surface area contributed by atoms with E-state index in [4.69, 9.17) is 9.26 Å². The Morgan fingerprint density at radius 3 is 2.61 bits per heavy atom. The Kier molecular flexibility index (Phi) is 6.30. The van der Waals surface area contributed by atoms with Crippen LogP contribution in [0.5, 0.6) is 5.75 Å². The number of ether oxygens (including phenoxy) is 1. The van der Waals surface area contributed by atoms with Crippen LogP contribution in [0.25, 0.3) is 0 Å². The van der Waals surface area contributed by atoms with Gasteiger partial charge in [-0.3, -0.25) is 4.79 Å². The van der Waals surface area contributed by atoms with E-state index in [-0.39, 0.29) is 24.0 Å². The number of aromatic nitrogens is 1. The molecule has 1 amide bonds. The number of hydrogen-bond donors (Lipinski definition) is 0. The average Bonchev–Trinajstić information content (AvgIpc) is 3.14. The van der Waals surface area contributed by atoms with Crippen LogP contribution in [-0.4, -0.2) is 29.1 Å². The Labute approximate surface area is 179 Å². The van der Waals surface area contributed by atoms with Gasteiger partial charge in [0.25, 0.3) is 5.91 Å². The van der Waals surface area contributed by atoms with Crippen molar-refractivity contribution in [3.63, 3.8) is 0 Å². The van der Waals surface area contributed by atoms with Gasteiger partial charge in [-0.05, 0) is 49.8 Å². The van der Waals surface area contributed by atoms with Gasteiger partial charge in [0.1, 0.15) is 18.2 Å². The molecular formula is C24H24F2N2O3. The smallest absolute Gasteiger partial charge is 0.276 e. The highest BCUT2D eigenvalue weighted by atomic mass is 19.1. The highest BCUT2D eigenvalue weighted by Gasteiger charge is 2.29. The van der Waals surface area contributed by atoms with Gasteiger partial charge in [0.05, 0.1) is 5.56 Å². The van der Waals surface area contributed by atoms with E-state index in [9.17, 15) is 13.6 Å². The van der Waals surface area contributed by atoms with E-state index in [0.717, 1.165) is 31.4 Å². The summed E-state index contributed by atoms with van der Waals surface area (Å²) in [7, 11) is 0. The molecule has 0 aliphatic carbocycles. The zero-order valence-electron chi connectivity index (χ0n) is 17.3. The molecule has 7 heteroatoms. The first-order valence-electron chi connectivity index (χ1n) is 10.4. The van der Waals surface area contributed by atoms with Gasteiger partial charge in [0.2, 0.25) is 0 Å². The molecule has 0 atom stereocenters. The van der Waals surface area contributed by atoms with Gasteiger partial charge in [0.15, 0.2) is 17.3 Å². The Morgan fingerprint density at radius 2 is 1.90 bits per heavy atom. The van der Waals surface area contributed by atoms with E-state index < -0.39 is 11.6 Å². The molecule has 4 rings (SSSR count). The third kappa shape index (κ3) is 4.93. The molecule has 162 valence electrons. The summed E-state index contributed by atoms with van der Waals surface area (Å²) in [5.41, 5.74) is 1.97. The second kappa shape index (κ2) is 9.29. The van der Waals surface area contributed by atoms with Crippen LogP contribution < -0.4 is 4.74 Å². The van der Waals surface area contributed by atoms with Gasteiger partial charge in [-0.1, -0.05) is 35.5 Å². The van der Waals surface area contributed by atoms with Crippen molar-refractivity contribution in [2.24, 2.45) is 5.92 Å². The van der Waals surface area contributed by atoms with Crippen molar-refractivity contribution < 1.29 is 22.8 Å². The van der Waals surface area contributed by atoms with E-state index in [2.05, 4.69) is 17.3 Å². The normalized spacial score (nSPS) is 14.6. The van der Waals surface area contributed by atoms with E-state index in [1.54, 1.807) is 11.8 Å². The molecule has 0 unspecified atom stereocenters. The molecule has 1 aliphatic heterocycles. The average molecular weight is 426 g/mol. The van der Waals surface area contributed by atoms with Crippen LogP contribution in [0, 0.1) is 24.5 Å². The monoisotopic (exact) mass is 426 g/mol. The topological polar surface area (TPSA) is 55.6 Å². The maximum Gasteiger partial charge on any atom is 0.276 e. The molecule has 2 heterocycles. The molecule has 1 fully saturated rings. The van der Waals surface area contributed by atoms with Crippen molar-refractivity contribution in [2.45, 2.75) is 32.8 Å². The molecular weight excluding hydrogens is 402 g/mol. The van der Waals surface area contributed by atoms with Crippen LogP contribution in [0.15, 0.2) is 53.1 Å². The molecule has 0 radical (unpaired) electrons.